The zero-order valence-corrected chi connectivity index (χ0v) is 19.9. The molecule has 0 amide bonds. The molecule has 0 saturated heterocycles. The van der Waals surface area contributed by atoms with E-state index in [2.05, 4.69) is 113 Å². The lowest BCUT2D eigenvalue weighted by Crippen LogP contribution is -2.28. The van der Waals surface area contributed by atoms with E-state index < -0.39 is 0 Å². The van der Waals surface area contributed by atoms with Gasteiger partial charge in [-0.05, 0) is 64.3 Å². The number of hydrogen-bond acceptors (Lipinski definition) is 0. The molecule has 0 atom stereocenters. The molecule has 32 heavy (non-hydrogen) atoms. The molecule has 0 N–H and O–H groups in total. The highest BCUT2D eigenvalue weighted by Gasteiger charge is 2.31. The summed E-state index contributed by atoms with van der Waals surface area (Å²) in [6.45, 7) is 9.10. The maximum absolute atomic E-state index is 2.34. The predicted octanol–water partition coefficient (Wildman–Crippen LogP) is 8.70. The first kappa shape index (κ1) is 21.0. The Labute approximate surface area is 193 Å². The molecule has 0 heterocycles. The van der Waals surface area contributed by atoms with Crippen molar-refractivity contribution < 1.29 is 0 Å². The van der Waals surface area contributed by atoms with Crippen molar-refractivity contribution in [3.63, 3.8) is 0 Å². The average Bonchev–Trinajstić information content (AvgIpc) is 2.82. The molecular formula is C32H34. The van der Waals surface area contributed by atoms with Crippen LogP contribution in [0.1, 0.15) is 69.2 Å². The Morgan fingerprint density at radius 1 is 0.656 bits per heavy atom. The van der Waals surface area contributed by atoms with E-state index in [1.165, 1.54) is 58.7 Å². The fourth-order valence-corrected chi connectivity index (χ4v) is 5.59. The van der Waals surface area contributed by atoms with E-state index in [9.17, 15) is 0 Å². The molecule has 3 aliphatic carbocycles. The third kappa shape index (κ3) is 3.66. The SMILES string of the molecule is C1=CC2=C(CC1)CCc1c2ccc2ccccc12.CC1(C)C=CC(C)(C)c2ccccc21. The van der Waals surface area contributed by atoms with E-state index in [0.29, 0.717) is 0 Å². The zero-order valence-electron chi connectivity index (χ0n) is 19.9. The Morgan fingerprint density at radius 2 is 1.31 bits per heavy atom. The van der Waals surface area contributed by atoms with Gasteiger partial charge in [0.15, 0.2) is 0 Å². The highest BCUT2D eigenvalue weighted by Crippen LogP contribution is 2.41. The van der Waals surface area contributed by atoms with Gasteiger partial charge >= 0.3 is 0 Å². The minimum atomic E-state index is 0.187. The second-order valence-corrected chi connectivity index (χ2v) is 10.6. The number of hydrogen-bond donors (Lipinski definition) is 0. The fourth-order valence-electron chi connectivity index (χ4n) is 5.59. The average molecular weight is 419 g/mol. The summed E-state index contributed by atoms with van der Waals surface area (Å²) < 4.78 is 0. The monoisotopic (exact) mass is 418 g/mol. The normalized spacial score (nSPS) is 19.5. The van der Waals surface area contributed by atoms with Gasteiger partial charge in [0.2, 0.25) is 0 Å². The lowest BCUT2D eigenvalue weighted by Gasteiger charge is -2.36. The molecular weight excluding hydrogens is 384 g/mol. The summed E-state index contributed by atoms with van der Waals surface area (Å²) in [5.74, 6) is 0. The maximum Gasteiger partial charge on any atom is 0.00786 e. The van der Waals surface area contributed by atoms with Gasteiger partial charge < -0.3 is 0 Å². The van der Waals surface area contributed by atoms with Crippen LogP contribution in [0.25, 0.3) is 16.3 Å². The molecule has 0 nitrogen and oxygen atoms in total. The Bertz CT molecular complexity index is 1220. The molecule has 3 aromatic rings. The van der Waals surface area contributed by atoms with Crippen molar-refractivity contribution in [1.82, 2.24) is 0 Å². The smallest absolute Gasteiger partial charge is 0.00786 e. The van der Waals surface area contributed by atoms with Crippen LogP contribution in [0.3, 0.4) is 0 Å². The van der Waals surface area contributed by atoms with Crippen molar-refractivity contribution in [2.75, 3.05) is 0 Å². The van der Waals surface area contributed by atoms with Crippen molar-refractivity contribution in [3.8, 4) is 0 Å². The molecule has 0 bridgehead atoms. The minimum Gasteiger partial charge on any atom is -0.0836 e. The summed E-state index contributed by atoms with van der Waals surface area (Å²) in [6, 6.07) is 22.1. The van der Waals surface area contributed by atoms with Gasteiger partial charge in [-0.15, -0.1) is 0 Å². The van der Waals surface area contributed by atoms with Gasteiger partial charge in [-0.1, -0.05) is 118 Å². The molecule has 0 spiro atoms. The molecule has 3 aromatic carbocycles. The molecule has 0 unspecified atom stereocenters. The molecule has 0 heteroatoms. The summed E-state index contributed by atoms with van der Waals surface area (Å²) in [7, 11) is 0. The van der Waals surface area contributed by atoms with Crippen molar-refractivity contribution >= 4 is 16.3 Å². The van der Waals surface area contributed by atoms with Gasteiger partial charge in [-0.2, -0.15) is 0 Å². The molecule has 0 saturated carbocycles. The molecule has 3 aliphatic rings. The van der Waals surface area contributed by atoms with Crippen LogP contribution in [0, 0.1) is 0 Å². The lowest BCUT2D eigenvalue weighted by molar-refractivity contribution is 0.563. The van der Waals surface area contributed by atoms with Crippen LogP contribution in [0.4, 0.5) is 0 Å². The number of aryl methyl sites for hydroxylation is 1. The van der Waals surface area contributed by atoms with Gasteiger partial charge in [0, 0.05) is 10.8 Å². The van der Waals surface area contributed by atoms with Crippen molar-refractivity contribution in [3.05, 3.63) is 113 Å². The third-order valence-corrected chi connectivity index (χ3v) is 7.52. The molecule has 162 valence electrons. The van der Waals surface area contributed by atoms with Crippen LogP contribution in [-0.2, 0) is 17.3 Å². The van der Waals surface area contributed by atoms with E-state index in [0.717, 1.165) is 0 Å². The Hall–Kier alpha value is -2.86. The highest BCUT2D eigenvalue weighted by atomic mass is 14.4. The number of fused-ring (bicyclic) bond motifs is 5. The van der Waals surface area contributed by atoms with Gasteiger partial charge in [0.25, 0.3) is 0 Å². The Kier molecular flexibility index (Phi) is 5.20. The summed E-state index contributed by atoms with van der Waals surface area (Å²) in [6.07, 6.45) is 14.3. The first-order chi connectivity index (χ1) is 15.4. The lowest BCUT2D eigenvalue weighted by atomic mass is 9.68. The number of benzene rings is 3. The van der Waals surface area contributed by atoms with Gasteiger partial charge in [-0.3, -0.25) is 0 Å². The van der Waals surface area contributed by atoms with E-state index >= 15 is 0 Å². The number of allylic oxidation sites excluding steroid dienone is 6. The first-order valence-corrected chi connectivity index (χ1v) is 12.1. The van der Waals surface area contributed by atoms with Crippen LogP contribution >= 0.6 is 0 Å². The zero-order chi connectivity index (χ0) is 22.3. The highest BCUT2D eigenvalue weighted by molar-refractivity contribution is 5.93. The van der Waals surface area contributed by atoms with Gasteiger partial charge in [0.05, 0.1) is 0 Å². The van der Waals surface area contributed by atoms with Crippen LogP contribution in [0.5, 0.6) is 0 Å². The maximum atomic E-state index is 2.34. The Balaban J connectivity index is 0.000000140. The molecule has 0 aromatic heterocycles. The summed E-state index contributed by atoms with van der Waals surface area (Å²) in [4.78, 5) is 0. The van der Waals surface area contributed by atoms with Gasteiger partial charge in [0.1, 0.15) is 0 Å². The second-order valence-electron chi connectivity index (χ2n) is 10.6. The quantitative estimate of drug-likeness (QED) is 0.320. The second kappa shape index (κ2) is 7.93. The largest absolute Gasteiger partial charge is 0.0836 e. The van der Waals surface area contributed by atoms with E-state index in [4.69, 9.17) is 0 Å². The summed E-state index contributed by atoms with van der Waals surface area (Å²) in [5, 5.41) is 2.82. The van der Waals surface area contributed by atoms with Gasteiger partial charge in [-0.25, -0.2) is 0 Å². The molecule has 0 fully saturated rings. The summed E-state index contributed by atoms with van der Waals surface area (Å²) >= 11 is 0. The molecule has 0 radical (unpaired) electrons. The number of rotatable bonds is 0. The third-order valence-electron chi connectivity index (χ3n) is 7.52. The van der Waals surface area contributed by atoms with E-state index in [-0.39, 0.29) is 10.8 Å². The van der Waals surface area contributed by atoms with Crippen LogP contribution < -0.4 is 0 Å². The van der Waals surface area contributed by atoms with E-state index in [1.54, 1.807) is 11.1 Å². The Morgan fingerprint density at radius 3 is 2.03 bits per heavy atom. The topological polar surface area (TPSA) is 0 Å². The molecule has 0 aliphatic heterocycles. The van der Waals surface area contributed by atoms with Crippen molar-refractivity contribution in [2.24, 2.45) is 0 Å². The van der Waals surface area contributed by atoms with Crippen LogP contribution in [0.2, 0.25) is 0 Å². The molecule has 6 rings (SSSR count). The fraction of sp³-hybridized carbons (Fsp3) is 0.312. The first-order valence-electron chi connectivity index (χ1n) is 12.1. The predicted molar refractivity (Wildman–Crippen MR) is 139 cm³/mol. The van der Waals surface area contributed by atoms with E-state index in [1.807, 2.05) is 0 Å². The summed E-state index contributed by atoms with van der Waals surface area (Å²) in [5.41, 5.74) is 9.51. The van der Waals surface area contributed by atoms with Crippen LogP contribution in [0.15, 0.2) is 90.5 Å². The standard InChI is InChI=1S/C18H16.C14H18/c1-3-7-15-13(5-1)9-11-18-16-8-4-2-6-14(16)10-12-17(15)18;1-13(2)9-10-14(3,4)12-8-6-5-7-11(12)13/h1,3-5,7-9,11H,2,6,10,12H2;5-10H,1-4H3. The van der Waals surface area contributed by atoms with Crippen LogP contribution in [-0.4, -0.2) is 0 Å². The minimum absolute atomic E-state index is 0.187. The van der Waals surface area contributed by atoms with Crippen molar-refractivity contribution in [2.45, 2.75) is 64.2 Å². The van der Waals surface area contributed by atoms with Crippen molar-refractivity contribution in [1.29, 1.82) is 0 Å².